The summed E-state index contributed by atoms with van der Waals surface area (Å²) in [4.78, 5) is 20.2. The summed E-state index contributed by atoms with van der Waals surface area (Å²) < 4.78 is 0. The van der Waals surface area contributed by atoms with Gasteiger partial charge in [-0.15, -0.1) is 0 Å². The van der Waals surface area contributed by atoms with Crippen molar-refractivity contribution in [1.29, 1.82) is 0 Å². The molecule has 0 spiro atoms. The van der Waals surface area contributed by atoms with Crippen molar-refractivity contribution in [3.8, 4) is 0 Å². The van der Waals surface area contributed by atoms with Crippen LogP contribution in [0.4, 0.5) is 0 Å². The summed E-state index contributed by atoms with van der Waals surface area (Å²) in [7, 11) is 0. The van der Waals surface area contributed by atoms with Gasteiger partial charge >= 0.3 is 23.9 Å². The van der Waals surface area contributed by atoms with E-state index in [1.807, 2.05) is 79.0 Å². The van der Waals surface area contributed by atoms with Gasteiger partial charge in [-0.2, -0.15) is 0 Å². The zero-order valence-electron chi connectivity index (χ0n) is 20.3. The van der Waals surface area contributed by atoms with E-state index in [1.165, 1.54) is 5.39 Å². The summed E-state index contributed by atoms with van der Waals surface area (Å²) in [5, 5.41) is 1.20. The standard InChI is InChI=1S/C20H14N4.C9H7N.4FH.Sn/c1-2-14-10-16-5-6-18(23-16)12-20-8-7-19(24-20)11-17-4-3-15(22-17)9-13(1)21-14;1-2-6-9-8(4-1)5-3-7-10-9;;;;;/h1-12,21,24H;1-7H;4*1H;/q;;;;;;+4/p-4. The molecule has 2 aliphatic heterocycles. The first-order chi connectivity index (χ1) is 16.8. The average molecular weight is 634 g/mol. The van der Waals surface area contributed by atoms with Crippen molar-refractivity contribution in [1.82, 2.24) is 24.9 Å². The summed E-state index contributed by atoms with van der Waals surface area (Å²) >= 11 is 0. The van der Waals surface area contributed by atoms with E-state index in [0.717, 1.165) is 50.4 Å². The van der Waals surface area contributed by atoms with Crippen LogP contribution >= 0.6 is 0 Å². The van der Waals surface area contributed by atoms with Crippen molar-refractivity contribution in [2.75, 3.05) is 0 Å². The fourth-order valence-corrected chi connectivity index (χ4v) is 3.96. The maximum atomic E-state index is 4.63. The van der Waals surface area contributed by atoms with Gasteiger partial charge < -0.3 is 28.8 Å². The number of hydrogen-bond acceptors (Lipinski definition) is 3. The minimum atomic E-state index is 0. The molecule has 10 heteroatoms. The second-order valence-electron chi connectivity index (χ2n) is 8.10. The molecule has 39 heavy (non-hydrogen) atoms. The molecular weight excluding hydrogens is 613 g/mol. The van der Waals surface area contributed by atoms with Crippen LogP contribution in [0.5, 0.6) is 0 Å². The zero-order valence-corrected chi connectivity index (χ0v) is 23.2. The molecular formula is C29H21F4N5Sn. The molecule has 0 aliphatic carbocycles. The van der Waals surface area contributed by atoms with Crippen LogP contribution in [0.3, 0.4) is 0 Å². The van der Waals surface area contributed by atoms with Crippen LogP contribution in [0.2, 0.25) is 0 Å². The van der Waals surface area contributed by atoms with Gasteiger partial charge in [0.2, 0.25) is 0 Å². The van der Waals surface area contributed by atoms with Gasteiger partial charge in [0.25, 0.3) is 0 Å². The SMILES string of the molecule is C1=Cc2cc3ccc(cc4nc(cc5ccc(cc1n2)[nH]5)C=C4)[nH]3.[F-].[F-].[F-].[F-].[Sn+4].c1ccc2ncccc2c1. The van der Waals surface area contributed by atoms with E-state index in [2.05, 4.69) is 61.3 Å². The molecule has 7 rings (SSSR count). The summed E-state index contributed by atoms with van der Waals surface area (Å²) in [6.07, 6.45) is 9.90. The number of halogens is 4. The second kappa shape index (κ2) is 14.6. The molecule has 2 N–H and O–H groups in total. The Morgan fingerprint density at radius 3 is 1.26 bits per heavy atom. The number of H-pyrrole nitrogens is 2. The normalized spacial score (nSPS) is 10.4. The van der Waals surface area contributed by atoms with Crippen molar-refractivity contribution in [2.45, 2.75) is 0 Å². The first-order valence-electron chi connectivity index (χ1n) is 11.1. The number of aromatic amines is 2. The third-order valence-corrected chi connectivity index (χ3v) is 5.55. The Morgan fingerprint density at radius 1 is 0.462 bits per heavy atom. The van der Waals surface area contributed by atoms with Gasteiger partial charge in [0.15, 0.2) is 0 Å². The molecule has 5 aromatic rings. The molecule has 4 aromatic heterocycles. The predicted molar refractivity (Wildman–Crippen MR) is 146 cm³/mol. The number of fused-ring (bicyclic) bond motifs is 9. The van der Waals surface area contributed by atoms with Gasteiger partial charge in [-0.3, -0.25) is 4.98 Å². The molecule has 0 radical (unpaired) electrons. The maximum Gasteiger partial charge on any atom is 4.00 e. The number of benzene rings is 1. The number of hydrogen-bond donors (Lipinski definition) is 2. The topological polar surface area (TPSA) is 70.2 Å². The smallest absolute Gasteiger partial charge is 1.00 e. The van der Waals surface area contributed by atoms with Crippen molar-refractivity contribution in [2.24, 2.45) is 0 Å². The molecule has 0 saturated heterocycles. The van der Waals surface area contributed by atoms with Gasteiger partial charge in [0.05, 0.1) is 28.3 Å². The van der Waals surface area contributed by atoms with E-state index in [-0.39, 0.29) is 42.7 Å². The van der Waals surface area contributed by atoms with Crippen LogP contribution in [0.15, 0.2) is 91.1 Å². The van der Waals surface area contributed by atoms with Gasteiger partial charge in [-0.1, -0.05) is 24.3 Å². The summed E-state index contributed by atoms with van der Waals surface area (Å²) in [5.74, 6) is 0. The number of nitrogens with zero attached hydrogens (tertiary/aromatic N) is 3. The van der Waals surface area contributed by atoms with E-state index < -0.39 is 0 Å². The Labute approximate surface area is 238 Å². The fourth-order valence-electron chi connectivity index (χ4n) is 3.96. The van der Waals surface area contributed by atoms with E-state index in [4.69, 9.17) is 0 Å². The number of para-hydroxylation sites is 1. The summed E-state index contributed by atoms with van der Waals surface area (Å²) in [6.45, 7) is 0. The van der Waals surface area contributed by atoms with Crippen LogP contribution in [0, 0.1) is 0 Å². The number of nitrogens with one attached hydrogen (secondary N) is 2. The van der Waals surface area contributed by atoms with E-state index in [0.29, 0.717) is 0 Å². The molecule has 0 amide bonds. The summed E-state index contributed by atoms with van der Waals surface area (Å²) in [5.41, 5.74) is 8.92. The minimum Gasteiger partial charge on any atom is -1.00 e. The van der Waals surface area contributed by atoms with E-state index in [1.54, 1.807) is 0 Å². The molecule has 0 saturated carbocycles. The van der Waals surface area contributed by atoms with Crippen LogP contribution in [-0.4, -0.2) is 48.8 Å². The number of aromatic nitrogens is 5. The molecule has 2 aliphatic rings. The Kier molecular flexibility index (Phi) is 12.3. The molecule has 0 fully saturated rings. The van der Waals surface area contributed by atoms with Crippen molar-refractivity contribution < 1.29 is 18.8 Å². The van der Waals surface area contributed by atoms with Crippen molar-refractivity contribution in [3.63, 3.8) is 0 Å². The summed E-state index contributed by atoms with van der Waals surface area (Å²) in [6, 6.07) is 28.4. The van der Waals surface area contributed by atoms with Crippen LogP contribution < -0.4 is 18.8 Å². The van der Waals surface area contributed by atoms with Gasteiger partial charge in [-0.25, -0.2) is 9.97 Å². The quantitative estimate of drug-likeness (QED) is 0.129. The van der Waals surface area contributed by atoms with Gasteiger partial charge in [0.1, 0.15) is 0 Å². The number of pyridine rings is 1. The largest absolute Gasteiger partial charge is 4.00 e. The maximum absolute atomic E-state index is 4.63. The Bertz CT molecular complexity index is 1500. The van der Waals surface area contributed by atoms with Gasteiger partial charge in [-0.05, 0) is 85.0 Å². The van der Waals surface area contributed by atoms with Crippen molar-refractivity contribution in [3.05, 3.63) is 114 Å². The van der Waals surface area contributed by atoms with E-state index in [9.17, 15) is 0 Å². The van der Waals surface area contributed by atoms with Crippen LogP contribution in [-0.2, 0) is 0 Å². The Morgan fingerprint density at radius 2 is 0.846 bits per heavy atom. The van der Waals surface area contributed by atoms with Crippen LogP contribution in [0.1, 0.15) is 22.8 Å². The first-order valence-corrected chi connectivity index (χ1v) is 11.1. The van der Waals surface area contributed by atoms with Crippen LogP contribution in [0.25, 0.3) is 57.3 Å². The molecule has 0 unspecified atom stereocenters. The average Bonchev–Trinajstić information content (AvgIpc) is 3.66. The second-order valence-corrected chi connectivity index (χ2v) is 8.10. The zero-order chi connectivity index (χ0) is 22.7. The minimum absolute atomic E-state index is 0. The molecule has 5 nitrogen and oxygen atoms in total. The van der Waals surface area contributed by atoms with Crippen molar-refractivity contribution >= 4 is 81.2 Å². The number of rotatable bonds is 0. The first kappa shape index (κ1) is 32.8. The molecule has 1 aromatic carbocycles. The Hall–Kier alpha value is -4.25. The Balaban J connectivity index is 0.000000438. The fraction of sp³-hybridized carbons (Fsp3) is 0. The monoisotopic (exact) mass is 635 g/mol. The van der Waals surface area contributed by atoms with E-state index >= 15 is 0 Å². The molecule has 0 atom stereocenters. The third kappa shape index (κ3) is 7.87. The third-order valence-electron chi connectivity index (χ3n) is 5.55. The molecule has 194 valence electrons. The molecule has 8 bridgehead atoms. The van der Waals surface area contributed by atoms with Gasteiger partial charge in [0, 0.05) is 33.6 Å². The molecule has 6 heterocycles. The predicted octanol–water partition coefficient (Wildman–Crippen LogP) is -5.47.